The van der Waals surface area contributed by atoms with E-state index in [9.17, 15) is 9.59 Å². The maximum absolute atomic E-state index is 13.4. The lowest BCUT2D eigenvalue weighted by molar-refractivity contribution is -0.124. The van der Waals surface area contributed by atoms with Gasteiger partial charge in [-0.05, 0) is 65.3 Å². The summed E-state index contributed by atoms with van der Waals surface area (Å²) < 4.78 is 11.0. The Bertz CT molecular complexity index is 1270. The Morgan fingerprint density at radius 3 is 2.34 bits per heavy atom. The molecule has 3 aromatic rings. The van der Waals surface area contributed by atoms with E-state index in [4.69, 9.17) is 9.47 Å². The van der Waals surface area contributed by atoms with Crippen LogP contribution >= 0.6 is 0 Å². The van der Waals surface area contributed by atoms with E-state index in [1.165, 1.54) is 5.56 Å². The highest BCUT2D eigenvalue weighted by molar-refractivity contribution is 5.95. The minimum atomic E-state index is -0.409. The van der Waals surface area contributed by atoms with Crippen molar-refractivity contribution < 1.29 is 19.1 Å². The topological polar surface area (TPSA) is 64.6 Å². The molecule has 0 atom stereocenters. The van der Waals surface area contributed by atoms with Gasteiger partial charge < -0.3 is 14.8 Å². The van der Waals surface area contributed by atoms with Gasteiger partial charge in [-0.1, -0.05) is 62.4 Å². The van der Waals surface area contributed by atoms with Crippen molar-refractivity contribution in [3.05, 3.63) is 82.9 Å². The normalized spacial score (nSPS) is 15.2. The summed E-state index contributed by atoms with van der Waals surface area (Å²) in [5.41, 5.74) is 6.10. The number of hydrogen-bond acceptors (Lipinski definition) is 4. The van der Waals surface area contributed by atoms with Crippen LogP contribution in [-0.4, -0.2) is 18.5 Å². The zero-order valence-corrected chi connectivity index (χ0v) is 20.5. The fraction of sp³-hybridized carbons (Fsp3) is 0.333. The van der Waals surface area contributed by atoms with Gasteiger partial charge >= 0.3 is 0 Å². The molecule has 0 unspecified atom stereocenters. The van der Waals surface area contributed by atoms with Gasteiger partial charge in [-0.15, -0.1) is 0 Å². The molecule has 1 N–H and O–H groups in total. The monoisotopic (exact) mass is 469 g/mol. The summed E-state index contributed by atoms with van der Waals surface area (Å²) in [5, 5.41) is 2.96. The van der Waals surface area contributed by atoms with Crippen LogP contribution in [0.5, 0.6) is 11.5 Å². The Labute approximate surface area is 206 Å². The highest BCUT2D eigenvalue weighted by Crippen LogP contribution is 2.51. The van der Waals surface area contributed by atoms with Gasteiger partial charge in [0.05, 0.1) is 5.41 Å². The van der Waals surface area contributed by atoms with Crippen molar-refractivity contribution in [3.8, 4) is 22.6 Å². The lowest BCUT2D eigenvalue weighted by Crippen LogP contribution is -2.27. The van der Waals surface area contributed by atoms with Crippen LogP contribution < -0.4 is 14.8 Å². The van der Waals surface area contributed by atoms with Crippen molar-refractivity contribution in [2.24, 2.45) is 5.92 Å². The first-order valence-corrected chi connectivity index (χ1v) is 12.3. The van der Waals surface area contributed by atoms with E-state index < -0.39 is 5.41 Å². The summed E-state index contributed by atoms with van der Waals surface area (Å²) >= 11 is 0. The molecule has 1 heterocycles. The lowest BCUT2D eigenvalue weighted by Gasteiger charge is -2.16. The standard InChI is InChI=1S/C30H31NO4/c1-19(2)29(33)31-17-21-6-8-23(9-7-21)25-14-22(5-4-20(25)3)15-28(32)30(12-13-30)24-10-11-26-27(16-24)35-18-34-26/h4-11,14,16,19H,12-13,15,17-18H2,1-3H3,(H,31,33). The molecule has 1 fully saturated rings. The summed E-state index contributed by atoms with van der Waals surface area (Å²) in [6, 6.07) is 20.4. The zero-order chi connectivity index (χ0) is 24.6. The maximum Gasteiger partial charge on any atom is 0.231 e. The molecule has 2 aliphatic rings. The van der Waals surface area contributed by atoms with E-state index in [2.05, 4.69) is 42.6 Å². The van der Waals surface area contributed by atoms with Gasteiger partial charge in [-0.25, -0.2) is 0 Å². The van der Waals surface area contributed by atoms with Crippen LogP contribution in [0.4, 0.5) is 0 Å². The van der Waals surface area contributed by atoms with Crippen molar-refractivity contribution in [2.45, 2.75) is 52.0 Å². The van der Waals surface area contributed by atoms with Gasteiger partial charge in [0, 0.05) is 18.9 Å². The molecule has 0 radical (unpaired) electrons. The molecule has 1 aliphatic carbocycles. The second kappa shape index (κ2) is 9.21. The van der Waals surface area contributed by atoms with Gasteiger partial charge in [-0.2, -0.15) is 0 Å². The predicted octanol–water partition coefficient (Wildman–Crippen LogP) is 5.51. The Hall–Kier alpha value is -3.60. The van der Waals surface area contributed by atoms with Crippen LogP contribution in [0.15, 0.2) is 60.7 Å². The highest BCUT2D eigenvalue weighted by atomic mass is 16.7. The molecule has 0 aromatic heterocycles. The van der Waals surface area contributed by atoms with Gasteiger partial charge in [-0.3, -0.25) is 9.59 Å². The van der Waals surface area contributed by atoms with Crippen molar-refractivity contribution in [2.75, 3.05) is 6.79 Å². The molecule has 35 heavy (non-hydrogen) atoms. The molecule has 5 heteroatoms. The maximum atomic E-state index is 13.4. The molecule has 1 amide bonds. The van der Waals surface area contributed by atoms with Gasteiger partial charge in [0.25, 0.3) is 0 Å². The molecule has 5 nitrogen and oxygen atoms in total. The third kappa shape index (κ3) is 4.68. The summed E-state index contributed by atoms with van der Waals surface area (Å²) in [6.07, 6.45) is 2.15. The van der Waals surface area contributed by atoms with E-state index in [0.717, 1.165) is 52.2 Å². The molecule has 0 bridgehead atoms. The van der Waals surface area contributed by atoms with Crippen LogP contribution in [-0.2, 0) is 28.0 Å². The first-order valence-electron chi connectivity index (χ1n) is 12.3. The Kier molecular flexibility index (Phi) is 6.10. The van der Waals surface area contributed by atoms with Crippen LogP contribution in [0.3, 0.4) is 0 Å². The molecular weight excluding hydrogens is 438 g/mol. The summed E-state index contributed by atoms with van der Waals surface area (Å²) in [5.74, 6) is 1.75. The second-order valence-corrected chi connectivity index (χ2v) is 9.97. The summed E-state index contributed by atoms with van der Waals surface area (Å²) in [6.45, 7) is 6.62. The van der Waals surface area contributed by atoms with Crippen LogP contribution in [0.1, 0.15) is 48.9 Å². The van der Waals surface area contributed by atoms with Gasteiger partial charge in [0.1, 0.15) is 5.78 Å². The van der Waals surface area contributed by atoms with E-state index in [-0.39, 0.29) is 24.4 Å². The first kappa shape index (κ1) is 23.2. The number of Topliss-reactive ketones (excluding diaryl/α,β-unsaturated/α-hetero) is 1. The molecule has 1 saturated carbocycles. The molecule has 3 aromatic carbocycles. The Balaban J connectivity index is 1.31. The fourth-order valence-electron chi connectivity index (χ4n) is 4.69. The zero-order valence-electron chi connectivity index (χ0n) is 20.5. The average Bonchev–Trinajstić information content (AvgIpc) is 3.54. The van der Waals surface area contributed by atoms with Crippen molar-refractivity contribution >= 4 is 11.7 Å². The number of ketones is 1. The molecular formula is C30H31NO4. The van der Waals surface area contributed by atoms with E-state index in [1.807, 2.05) is 44.2 Å². The number of benzene rings is 3. The number of fused-ring (bicyclic) bond motifs is 1. The number of aryl methyl sites for hydroxylation is 1. The number of hydrogen-bond donors (Lipinski definition) is 1. The van der Waals surface area contributed by atoms with Crippen LogP contribution in [0.25, 0.3) is 11.1 Å². The number of nitrogens with one attached hydrogen (secondary N) is 1. The smallest absolute Gasteiger partial charge is 0.231 e. The largest absolute Gasteiger partial charge is 0.454 e. The minimum absolute atomic E-state index is 0.0257. The number of carbonyl (C=O) groups is 2. The van der Waals surface area contributed by atoms with E-state index >= 15 is 0 Å². The predicted molar refractivity (Wildman–Crippen MR) is 135 cm³/mol. The van der Waals surface area contributed by atoms with Crippen molar-refractivity contribution in [1.29, 1.82) is 0 Å². The quantitative estimate of drug-likeness (QED) is 0.473. The Morgan fingerprint density at radius 1 is 0.914 bits per heavy atom. The van der Waals surface area contributed by atoms with Crippen molar-refractivity contribution in [3.63, 3.8) is 0 Å². The van der Waals surface area contributed by atoms with Crippen molar-refractivity contribution in [1.82, 2.24) is 5.32 Å². The third-order valence-corrected chi connectivity index (χ3v) is 7.13. The summed E-state index contributed by atoms with van der Waals surface area (Å²) in [7, 11) is 0. The Morgan fingerprint density at radius 2 is 1.63 bits per heavy atom. The average molecular weight is 470 g/mol. The highest BCUT2D eigenvalue weighted by Gasteiger charge is 2.50. The van der Waals surface area contributed by atoms with E-state index in [1.54, 1.807) is 0 Å². The third-order valence-electron chi connectivity index (χ3n) is 7.13. The lowest BCUT2D eigenvalue weighted by atomic mass is 9.87. The van der Waals surface area contributed by atoms with E-state index in [0.29, 0.717) is 13.0 Å². The summed E-state index contributed by atoms with van der Waals surface area (Å²) in [4.78, 5) is 25.3. The molecule has 180 valence electrons. The minimum Gasteiger partial charge on any atom is -0.454 e. The number of carbonyl (C=O) groups excluding carboxylic acids is 2. The first-order chi connectivity index (χ1) is 16.9. The number of rotatable bonds is 8. The number of amides is 1. The van der Waals surface area contributed by atoms with Crippen LogP contribution in [0.2, 0.25) is 0 Å². The molecule has 5 rings (SSSR count). The second-order valence-electron chi connectivity index (χ2n) is 9.97. The SMILES string of the molecule is Cc1ccc(CC(=O)C2(c3ccc4c(c3)OCO4)CC2)cc1-c1ccc(CNC(=O)C(C)C)cc1. The van der Waals surface area contributed by atoms with Gasteiger partial charge in [0.2, 0.25) is 12.7 Å². The fourth-order valence-corrected chi connectivity index (χ4v) is 4.69. The molecule has 1 aliphatic heterocycles. The van der Waals surface area contributed by atoms with Crippen LogP contribution in [0, 0.1) is 12.8 Å². The van der Waals surface area contributed by atoms with Gasteiger partial charge in [0.15, 0.2) is 11.5 Å². The number of ether oxygens (including phenoxy) is 2. The molecule has 0 spiro atoms. The molecule has 0 saturated heterocycles.